The van der Waals surface area contributed by atoms with Crippen molar-refractivity contribution >= 4 is 22.5 Å². The lowest BCUT2D eigenvalue weighted by Gasteiger charge is -2.70. The minimum Gasteiger partial charge on any atom is -0.326 e. The maximum absolute atomic E-state index is 14.6. The summed E-state index contributed by atoms with van der Waals surface area (Å²) in [6.45, 7) is 19.0. The highest BCUT2D eigenvalue weighted by atomic mass is 16.2. The molecule has 4 nitrogen and oxygen atoms in total. The minimum atomic E-state index is -0.334. The molecule has 1 aromatic heterocycles. The Morgan fingerprint density at radius 3 is 2.58 bits per heavy atom. The van der Waals surface area contributed by atoms with E-state index in [1.165, 1.54) is 32.1 Å². The molecule has 5 aliphatic rings. The summed E-state index contributed by atoms with van der Waals surface area (Å²) in [6.07, 6.45) is 15.2. The molecule has 3 saturated carbocycles. The number of carbonyl (C=O) groups excluding carboxylic acids is 1. The van der Waals surface area contributed by atoms with Crippen molar-refractivity contribution in [2.24, 2.45) is 51.2 Å². The maximum atomic E-state index is 14.6. The molecule has 0 spiro atoms. The van der Waals surface area contributed by atoms with Gasteiger partial charge in [0.25, 0.3) is 0 Å². The third kappa shape index (κ3) is 4.10. The Bertz CT molecular complexity index is 1460. The van der Waals surface area contributed by atoms with Gasteiger partial charge < -0.3 is 10.6 Å². The summed E-state index contributed by atoms with van der Waals surface area (Å²) in [7, 11) is 0. The van der Waals surface area contributed by atoms with Crippen LogP contribution in [0.5, 0.6) is 0 Å². The number of amides is 1. The van der Waals surface area contributed by atoms with Gasteiger partial charge in [-0.1, -0.05) is 52.3 Å². The van der Waals surface area contributed by atoms with Crippen LogP contribution in [-0.4, -0.2) is 23.0 Å². The lowest BCUT2D eigenvalue weighted by molar-refractivity contribution is -0.165. The van der Waals surface area contributed by atoms with Crippen LogP contribution in [0.4, 0.5) is 5.69 Å². The first-order valence-electron chi connectivity index (χ1n) is 17.5. The molecule has 2 N–H and O–H groups in total. The van der Waals surface area contributed by atoms with Gasteiger partial charge >= 0.3 is 0 Å². The summed E-state index contributed by atoms with van der Waals surface area (Å²) in [5.41, 5.74) is 4.12. The Morgan fingerprint density at radius 1 is 0.953 bits per heavy atom. The first kappa shape index (κ1) is 29.5. The molecule has 232 valence electrons. The first-order chi connectivity index (χ1) is 20.4. The molecule has 1 aromatic carbocycles. The van der Waals surface area contributed by atoms with Crippen LogP contribution >= 0.6 is 0 Å². The van der Waals surface area contributed by atoms with Gasteiger partial charge in [-0.2, -0.15) is 0 Å². The molecule has 0 radical (unpaired) electrons. The molecule has 1 saturated heterocycles. The van der Waals surface area contributed by atoms with Crippen molar-refractivity contribution in [1.82, 2.24) is 10.3 Å². The van der Waals surface area contributed by atoms with E-state index < -0.39 is 0 Å². The number of aromatic nitrogens is 1. The molecule has 7 rings (SSSR count). The Hall–Kier alpha value is -2.20. The normalized spacial score (nSPS) is 43.7. The molecular weight excluding hydrogens is 526 g/mol. The summed E-state index contributed by atoms with van der Waals surface area (Å²) in [6, 6.07) is 10.2. The van der Waals surface area contributed by atoms with Crippen LogP contribution in [0, 0.1) is 51.2 Å². The standard InChI is InChI=1S/C39H55N3O/c1-25-15-19-39(34(43)42-28-11-13-30-27(24-28)10-8-22-40-30)21-20-37(6)29(33(39)26(25)2)12-14-32-36(5)17-9-23-41-35(3,4)31(36)16-18-38(32,37)7/h8,10-13,22,24-26,31-33,41H,9,14-21,23H2,1-7H3,(H,42,43)/t25-,26+,31+,32-,33+,36+,37-,38-,39+/m1/s1. The maximum Gasteiger partial charge on any atom is 0.231 e. The molecule has 4 fully saturated rings. The lowest BCUT2D eigenvalue weighted by Crippen LogP contribution is -2.65. The molecule has 2 aromatic rings. The molecule has 43 heavy (non-hydrogen) atoms. The van der Waals surface area contributed by atoms with E-state index >= 15 is 0 Å². The zero-order chi connectivity index (χ0) is 30.4. The van der Waals surface area contributed by atoms with E-state index in [9.17, 15) is 4.79 Å². The van der Waals surface area contributed by atoms with Crippen molar-refractivity contribution in [3.63, 3.8) is 0 Å². The monoisotopic (exact) mass is 581 g/mol. The highest BCUT2D eigenvalue weighted by molar-refractivity contribution is 5.98. The molecule has 2 heterocycles. The molecule has 9 atom stereocenters. The largest absolute Gasteiger partial charge is 0.326 e. The Kier molecular flexibility index (Phi) is 6.79. The van der Waals surface area contributed by atoms with Crippen molar-refractivity contribution in [1.29, 1.82) is 0 Å². The van der Waals surface area contributed by atoms with Crippen LogP contribution in [0.3, 0.4) is 0 Å². The van der Waals surface area contributed by atoms with E-state index in [1.807, 2.05) is 24.4 Å². The minimum absolute atomic E-state index is 0.141. The van der Waals surface area contributed by atoms with Gasteiger partial charge in [-0.05, 0) is 148 Å². The summed E-state index contributed by atoms with van der Waals surface area (Å²) in [4.78, 5) is 19.1. The van der Waals surface area contributed by atoms with Crippen LogP contribution in [-0.2, 0) is 4.79 Å². The topological polar surface area (TPSA) is 54.0 Å². The predicted octanol–water partition coefficient (Wildman–Crippen LogP) is 9.17. The molecule has 1 amide bonds. The highest BCUT2D eigenvalue weighted by Crippen LogP contribution is 2.74. The molecule has 4 heteroatoms. The molecule has 4 aliphatic carbocycles. The van der Waals surface area contributed by atoms with Crippen molar-refractivity contribution < 1.29 is 4.79 Å². The average molecular weight is 582 g/mol. The first-order valence-corrected chi connectivity index (χ1v) is 17.5. The van der Waals surface area contributed by atoms with E-state index in [1.54, 1.807) is 5.57 Å². The summed E-state index contributed by atoms with van der Waals surface area (Å²) < 4.78 is 0. The fraction of sp³-hybridized carbons (Fsp3) is 0.692. The zero-order valence-corrected chi connectivity index (χ0v) is 27.9. The third-order valence-corrected chi connectivity index (χ3v) is 14.9. The van der Waals surface area contributed by atoms with Crippen LogP contribution in [0.1, 0.15) is 106 Å². The number of benzene rings is 1. The summed E-state index contributed by atoms with van der Waals surface area (Å²) in [5, 5.41) is 8.49. The van der Waals surface area contributed by atoms with Gasteiger partial charge in [0, 0.05) is 22.8 Å². The second-order valence-electron chi connectivity index (χ2n) is 16.9. The molecule has 0 unspecified atom stereocenters. The van der Waals surface area contributed by atoms with Crippen molar-refractivity contribution in [3.05, 3.63) is 48.2 Å². The van der Waals surface area contributed by atoms with E-state index in [-0.39, 0.29) is 27.7 Å². The number of hydrogen-bond acceptors (Lipinski definition) is 3. The molecular formula is C39H55N3O. The number of nitrogens with one attached hydrogen (secondary N) is 2. The predicted molar refractivity (Wildman–Crippen MR) is 178 cm³/mol. The second-order valence-corrected chi connectivity index (χ2v) is 16.9. The number of pyridine rings is 1. The smallest absolute Gasteiger partial charge is 0.231 e. The fourth-order valence-electron chi connectivity index (χ4n) is 12.2. The van der Waals surface area contributed by atoms with Gasteiger partial charge in [-0.25, -0.2) is 0 Å². The van der Waals surface area contributed by atoms with Crippen molar-refractivity contribution in [2.75, 3.05) is 11.9 Å². The van der Waals surface area contributed by atoms with Crippen LogP contribution in [0.15, 0.2) is 48.2 Å². The third-order valence-electron chi connectivity index (χ3n) is 14.9. The van der Waals surface area contributed by atoms with E-state index in [0.717, 1.165) is 48.8 Å². The quantitative estimate of drug-likeness (QED) is 0.348. The highest BCUT2D eigenvalue weighted by Gasteiger charge is 2.68. The van der Waals surface area contributed by atoms with Crippen molar-refractivity contribution in [3.8, 4) is 0 Å². The molecule has 0 bridgehead atoms. The Labute approximate surface area is 260 Å². The van der Waals surface area contributed by atoms with Crippen molar-refractivity contribution in [2.45, 2.75) is 112 Å². The number of hydrogen-bond donors (Lipinski definition) is 2. The van der Waals surface area contributed by atoms with Gasteiger partial charge in [0.05, 0.1) is 10.9 Å². The van der Waals surface area contributed by atoms with Gasteiger partial charge in [0.2, 0.25) is 5.91 Å². The average Bonchev–Trinajstić information content (AvgIpc) is 3.09. The van der Waals surface area contributed by atoms with Crippen LogP contribution in [0.25, 0.3) is 10.9 Å². The second kappa shape index (κ2) is 9.90. The van der Waals surface area contributed by atoms with Gasteiger partial charge in [0.15, 0.2) is 0 Å². The Morgan fingerprint density at radius 2 is 1.77 bits per heavy atom. The summed E-state index contributed by atoms with van der Waals surface area (Å²) >= 11 is 0. The van der Waals surface area contributed by atoms with Crippen LogP contribution in [0.2, 0.25) is 0 Å². The number of carbonyl (C=O) groups is 1. The number of anilines is 1. The lowest BCUT2D eigenvalue weighted by atomic mass is 9.34. The van der Waals surface area contributed by atoms with Gasteiger partial charge in [-0.15, -0.1) is 0 Å². The summed E-state index contributed by atoms with van der Waals surface area (Å²) in [5.74, 6) is 3.09. The van der Waals surface area contributed by atoms with E-state index in [2.05, 4.69) is 82.3 Å². The van der Waals surface area contributed by atoms with Crippen LogP contribution < -0.4 is 10.6 Å². The van der Waals surface area contributed by atoms with E-state index in [0.29, 0.717) is 35.0 Å². The SMILES string of the molecule is C[C@H]1[C@H](C)CC[C@]2(C(=O)Nc3ccc4ncccc4c3)CC[C@]3(C)C(=CC[C@@H]4[C@@]5(C)CCCNC(C)(C)[C@@H]5CC[C@]43C)[C@H]12. The van der Waals surface area contributed by atoms with Gasteiger partial charge in [-0.3, -0.25) is 9.78 Å². The number of allylic oxidation sites excluding steroid dienone is 2. The zero-order valence-electron chi connectivity index (χ0n) is 27.9. The van der Waals surface area contributed by atoms with Gasteiger partial charge in [0.1, 0.15) is 0 Å². The Balaban J connectivity index is 1.27. The number of nitrogens with zero attached hydrogens (tertiary/aromatic N) is 1. The number of fused-ring (bicyclic) bond motifs is 8. The fourth-order valence-corrected chi connectivity index (χ4v) is 12.2. The van der Waals surface area contributed by atoms with E-state index in [4.69, 9.17) is 0 Å². The number of rotatable bonds is 2. The molecule has 1 aliphatic heterocycles.